The van der Waals surface area contributed by atoms with Gasteiger partial charge in [0.15, 0.2) is 0 Å². The summed E-state index contributed by atoms with van der Waals surface area (Å²) in [5.41, 5.74) is 5.27. The minimum atomic E-state index is -3.64. The van der Waals surface area contributed by atoms with Crippen molar-refractivity contribution in [2.24, 2.45) is 5.73 Å². The molecule has 0 spiro atoms. The predicted molar refractivity (Wildman–Crippen MR) is 66.9 cm³/mol. The fraction of sp³-hybridized carbons (Fsp3) is 0.333. The second kappa shape index (κ2) is 5.07. The van der Waals surface area contributed by atoms with E-state index in [1.807, 2.05) is 6.42 Å². The molecule has 0 saturated carbocycles. The summed E-state index contributed by atoms with van der Waals surface area (Å²) in [5.74, 6) is -0.606. The first-order valence-corrected chi connectivity index (χ1v) is 7.15. The highest BCUT2D eigenvalue weighted by Crippen LogP contribution is 2.24. The summed E-state index contributed by atoms with van der Waals surface area (Å²) in [4.78, 5) is 11.5. The van der Waals surface area contributed by atoms with Gasteiger partial charge in [-0.25, -0.2) is 8.42 Å². The number of rotatable bonds is 3. The molecule has 1 aliphatic rings. The smallest absolute Gasteiger partial charge is 0.243 e. The van der Waals surface area contributed by atoms with Gasteiger partial charge in [0.2, 0.25) is 15.9 Å². The number of amides is 1. The Bertz CT molecular complexity index is 528. The van der Waals surface area contributed by atoms with Crippen molar-refractivity contribution >= 4 is 15.9 Å². The molecule has 1 heterocycles. The lowest BCUT2D eigenvalue weighted by Gasteiger charge is -2.32. The molecule has 1 aromatic rings. The van der Waals surface area contributed by atoms with Crippen LogP contribution < -0.4 is 5.73 Å². The third kappa shape index (κ3) is 2.39. The number of benzene rings is 1. The Labute approximate surface area is 107 Å². The normalized spacial score (nSPS) is 21.7. The summed E-state index contributed by atoms with van der Waals surface area (Å²) >= 11 is 0. The Balaban J connectivity index is 2.36. The van der Waals surface area contributed by atoms with Crippen LogP contribution in [0, 0.1) is 6.42 Å². The van der Waals surface area contributed by atoms with Gasteiger partial charge < -0.3 is 5.73 Å². The van der Waals surface area contributed by atoms with Crippen LogP contribution in [-0.2, 0) is 14.8 Å². The molecule has 0 bridgehead atoms. The van der Waals surface area contributed by atoms with Crippen molar-refractivity contribution in [2.45, 2.75) is 23.8 Å². The quantitative estimate of drug-likeness (QED) is 0.867. The Morgan fingerprint density at radius 3 is 2.56 bits per heavy atom. The molecule has 0 aromatic heterocycles. The van der Waals surface area contributed by atoms with E-state index < -0.39 is 22.0 Å². The van der Waals surface area contributed by atoms with Gasteiger partial charge in [-0.15, -0.1) is 0 Å². The van der Waals surface area contributed by atoms with Crippen LogP contribution in [0.1, 0.15) is 12.8 Å². The number of hydrogen-bond donors (Lipinski definition) is 1. The molecule has 1 radical (unpaired) electrons. The van der Waals surface area contributed by atoms with Crippen LogP contribution in [0.3, 0.4) is 0 Å². The number of primary amides is 1. The molecular weight excluding hydrogens is 252 g/mol. The average molecular weight is 267 g/mol. The van der Waals surface area contributed by atoms with Crippen LogP contribution in [0.25, 0.3) is 0 Å². The van der Waals surface area contributed by atoms with Crippen molar-refractivity contribution in [3.8, 4) is 0 Å². The number of carbonyl (C=O) groups is 1. The van der Waals surface area contributed by atoms with Crippen LogP contribution in [-0.4, -0.2) is 31.2 Å². The van der Waals surface area contributed by atoms with Crippen molar-refractivity contribution in [1.82, 2.24) is 4.31 Å². The zero-order valence-electron chi connectivity index (χ0n) is 9.82. The summed E-state index contributed by atoms with van der Waals surface area (Å²) in [7, 11) is -3.64. The van der Waals surface area contributed by atoms with E-state index in [2.05, 4.69) is 0 Å². The summed E-state index contributed by atoms with van der Waals surface area (Å²) in [6.45, 7) is 0.296. The van der Waals surface area contributed by atoms with Crippen LogP contribution in [0.4, 0.5) is 0 Å². The van der Waals surface area contributed by atoms with Crippen LogP contribution in [0.2, 0.25) is 0 Å². The summed E-state index contributed by atoms with van der Waals surface area (Å²) in [5, 5.41) is 0. The number of nitrogens with two attached hydrogens (primary N) is 1. The Morgan fingerprint density at radius 2 is 1.94 bits per heavy atom. The molecule has 1 saturated heterocycles. The second-order valence-corrected chi connectivity index (χ2v) is 6.05. The van der Waals surface area contributed by atoms with Gasteiger partial charge in [0.25, 0.3) is 0 Å². The third-order valence-electron chi connectivity index (χ3n) is 2.97. The molecule has 1 fully saturated rings. The van der Waals surface area contributed by atoms with E-state index in [1.165, 1.54) is 16.4 Å². The van der Waals surface area contributed by atoms with Crippen LogP contribution >= 0.6 is 0 Å². The lowest BCUT2D eigenvalue weighted by atomic mass is 10.0. The van der Waals surface area contributed by atoms with E-state index in [0.29, 0.717) is 19.4 Å². The first-order chi connectivity index (χ1) is 8.53. The van der Waals surface area contributed by atoms with E-state index in [4.69, 9.17) is 5.73 Å². The summed E-state index contributed by atoms with van der Waals surface area (Å²) in [6.07, 6.45) is 2.91. The predicted octanol–water partition coefficient (Wildman–Crippen LogP) is 0.529. The van der Waals surface area contributed by atoms with Crippen molar-refractivity contribution < 1.29 is 13.2 Å². The molecule has 2 N–H and O–H groups in total. The maximum atomic E-state index is 12.4. The monoisotopic (exact) mass is 267 g/mol. The zero-order valence-corrected chi connectivity index (χ0v) is 10.6. The van der Waals surface area contributed by atoms with Gasteiger partial charge in [0.05, 0.1) is 4.90 Å². The SMILES string of the molecule is NC(=O)C1C[CH]CCN1S(=O)(=O)c1ccccc1. The molecule has 0 aliphatic carbocycles. The number of carbonyl (C=O) groups excluding carboxylic acids is 1. The summed E-state index contributed by atoms with van der Waals surface area (Å²) < 4.78 is 26.0. The van der Waals surface area contributed by atoms with Gasteiger partial charge in [-0.05, 0) is 31.4 Å². The van der Waals surface area contributed by atoms with Crippen molar-refractivity contribution in [3.05, 3.63) is 36.8 Å². The molecule has 1 aliphatic heterocycles. The molecule has 1 amide bonds. The highest BCUT2D eigenvalue weighted by atomic mass is 32.2. The Kier molecular flexibility index (Phi) is 3.68. The molecule has 1 atom stereocenters. The second-order valence-electron chi connectivity index (χ2n) is 4.16. The van der Waals surface area contributed by atoms with Crippen LogP contribution in [0.15, 0.2) is 35.2 Å². The highest BCUT2D eigenvalue weighted by Gasteiger charge is 2.36. The zero-order chi connectivity index (χ0) is 13.2. The number of hydrogen-bond acceptors (Lipinski definition) is 3. The van der Waals surface area contributed by atoms with E-state index in [0.717, 1.165) is 0 Å². The molecule has 1 unspecified atom stereocenters. The van der Waals surface area contributed by atoms with Gasteiger partial charge in [-0.3, -0.25) is 4.79 Å². The lowest BCUT2D eigenvalue weighted by Crippen LogP contribution is -2.50. The fourth-order valence-electron chi connectivity index (χ4n) is 2.04. The highest BCUT2D eigenvalue weighted by molar-refractivity contribution is 7.89. The standard InChI is InChI=1S/C12H15N2O3S/c13-12(15)11-8-4-5-9-14(11)18(16,17)10-6-2-1-3-7-10/h1-4,6-7,11H,5,8-9H2,(H2,13,15). The molecule has 97 valence electrons. The van der Waals surface area contributed by atoms with Crippen LogP contribution in [0.5, 0.6) is 0 Å². The van der Waals surface area contributed by atoms with Gasteiger partial charge in [0.1, 0.15) is 6.04 Å². The van der Waals surface area contributed by atoms with E-state index in [9.17, 15) is 13.2 Å². The number of nitrogens with zero attached hydrogens (tertiary/aromatic N) is 1. The minimum absolute atomic E-state index is 0.193. The first kappa shape index (κ1) is 13.0. The third-order valence-corrected chi connectivity index (χ3v) is 4.89. The molecule has 5 nitrogen and oxygen atoms in total. The average Bonchev–Trinajstić information content (AvgIpc) is 2.39. The van der Waals surface area contributed by atoms with E-state index >= 15 is 0 Å². The Morgan fingerprint density at radius 1 is 1.28 bits per heavy atom. The Hall–Kier alpha value is -1.40. The van der Waals surface area contributed by atoms with E-state index in [-0.39, 0.29) is 4.90 Å². The van der Waals surface area contributed by atoms with Gasteiger partial charge in [-0.1, -0.05) is 18.2 Å². The maximum Gasteiger partial charge on any atom is 0.243 e. The van der Waals surface area contributed by atoms with Gasteiger partial charge in [0, 0.05) is 6.54 Å². The first-order valence-electron chi connectivity index (χ1n) is 5.71. The van der Waals surface area contributed by atoms with E-state index in [1.54, 1.807) is 18.2 Å². The van der Waals surface area contributed by atoms with Gasteiger partial charge >= 0.3 is 0 Å². The van der Waals surface area contributed by atoms with Crippen molar-refractivity contribution in [2.75, 3.05) is 6.54 Å². The van der Waals surface area contributed by atoms with Crippen molar-refractivity contribution in [3.63, 3.8) is 0 Å². The lowest BCUT2D eigenvalue weighted by molar-refractivity contribution is -0.122. The number of sulfonamides is 1. The molecule has 6 heteroatoms. The maximum absolute atomic E-state index is 12.4. The summed E-state index contributed by atoms with van der Waals surface area (Å²) in [6, 6.07) is 7.32. The topological polar surface area (TPSA) is 80.5 Å². The fourth-order valence-corrected chi connectivity index (χ4v) is 3.68. The largest absolute Gasteiger partial charge is 0.368 e. The van der Waals surface area contributed by atoms with Crippen molar-refractivity contribution in [1.29, 1.82) is 0 Å². The van der Waals surface area contributed by atoms with Gasteiger partial charge in [-0.2, -0.15) is 4.31 Å². The minimum Gasteiger partial charge on any atom is -0.368 e. The molecule has 2 rings (SSSR count). The number of piperidine rings is 1. The molecule has 18 heavy (non-hydrogen) atoms. The molecular formula is C12H15N2O3S. The molecule has 1 aromatic carbocycles.